The molecule has 0 aliphatic carbocycles. The number of carbonyl (C=O) groups is 1. The predicted octanol–water partition coefficient (Wildman–Crippen LogP) is 1.01. The van der Waals surface area contributed by atoms with Gasteiger partial charge in [-0.05, 0) is 30.4 Å². The topological polar surface area (TPSA) is 61.4 Å². The molecule has 0 bridgehead atoms. The summed E-state index contributed by atoms with van der Waals surface area (Å²) in [6, 6.07) is 1.99. The molecule has 0 aliphatic rings. The third kappa shape index (κ3) is 4.85. The Bertz CT molecular complexity index is 350. The molecule has 1 rings (SSSR count). The molecule has 1 amide bonds. The number of hydrogen-bond donors (Lipinski definition) is 3. The summed E-state index contributed by atoms with van der Waals surface area (Å²) in [5.41, 5.74) is 1.10. The molecular weight excluding hydrogens is 236 g/mol. The maximum atomic E-state index is 11.8. The molecule has 1 aromatic heterocycles. The zero-order valence-electron chi connectivity index (χ0n) is 10.3. The van der Waals surface area contributed by atoms with E-state index in [9.17, 15) is 4.79 Å². The lowest BCUT2D eigenvalue weighted by Gasteiger charge is -2.08. The molecule has 0 saturated carbocycles. The normalized spacial score (nSPS) is 12.4. The van der Waals surface area contributed by atoms with Gasteiger partial charge in [0.1, 0.15) is 0 Å². The number of amides is 1. The van der Waals surface area contributed by atoms with Gasteiger partial charge in [0.2, 0.25) is 0 Å². The molecule has 1 aromatic rings. The van der Waals surface area contributed by atoms with Crippen LogP contribution in [0.25, 0.3) is 0 Å². The monoisotopic (exact) mass is 256 g/mol. The number of hydrogen-bond acceptors (Lipinski definition) is 4. The highest BCUT2D eigenvalue weighted by molar-refractivity contribution is 7.12. The van der Waals surface area contributed by atoms with Gasteiger partial charge >= 0.3 is 0 Å². The quantitative estimate of drug-likeness (QED) is 0.638. The van der Waals surface area contributed by atoms with E-state index in [1.165, 1.54) is 11.3 Å². The Hall–Kier alpha value is -0.910. The van der Waals surface area contributed by atoms with Crippen LogP contribution in [0.3, 0.4) is 0 Å². The Labute approximate surface area is 106 Å². The van der Waals surface area contributed by atoms with Gasteiger partial charge in [0.15, 0.2) is 0 Å². The Kier molecular flexibility index (Phi) is 6.18. The van der Waals surface area contributed by atoms with Gasteiger partial charge in [0, 0.05) is 19.6 Å². The van der Waals surface area contributed by atoms with E-state index in [0.29, 0.717) is 19.6 Å². The Morgan fingerprint density at radius 1 is 1.53 bits per heavy atom. The highest BCUT2D eigenvalue weighted by Crippen LogP contribution is 2.16. The second kappa shape index (κ2) is 7.42. The minimum Gasteiger partial charge on any atom is -0.392 e. The van der Waals surface area contributed by atoms with Gasteiger partial charge in [-0.25, -0.2) is 0 Å². The van der Waals surface area contributed by atoms with Crippen LogP contribution >= 0.6 is 11.3 Å². The van der Waals surface area contributed by atoms with Crippen LogP contribution in [0, 0.1) is 0 Å². The van der Waals surface area contributed by atoms with Crippen LogP contribution in [0.2, 0.25) is 0 Å². The van der Waals surface area contributed by atoms with E-state index >= 15 is 0 Å². The van der Waals surface area contributed by atoms with E-state index in [-0.39, 0.29) is 12.0 Å². The molecule has 0 radical (unpaired) electrons. The Balaban J connectivity index is 2.26. The third-order valence-electron chi connectivity index (χ3n) is 2.36. The first-order valence-corrected chi connectivity index (χ1v) is 6.76. The third-order valence-corrected chi connectivity index (χ3v) is 3.32. The average Bonchev–Trinajstić information content (AvgIpc) is 2.75. The summed E-state index contributed by atoms with van der Waals surface area (Å²) < 4.78 is 0. The van der Waals surface area contributed by atoms with Crippen LogP contribution in [0.15, 0.2) is 11.4 Å². The molecule has 96 valence electrons. The first-order chi connectivity index (χ1) is 8.15. The van der Waals surface area contributed by atoms with Gasteiger partial charge in [-0.3, -0.25) is 4.79 Å². The largest absolute Gasteiger partial charge is 0.392 e. The number of nitrogens with one attached hydrogen (secondary N) is 2. The minimum atomic E-state index is -0.352. The molecule has 0 fully saturated rings. The van der Waals surface area contributed by atoms with Crippen LogP contribution in [-0.2, 0) is 6.42 Å². The van der Waals surface area contributed by atoms with Crippen molar-refractivity contribution in [1.82, 2.24) is 10.6 Å². The van der Waals surface area contributed by atoms with Crippen molar-refractivity contribution in [3.8, 4) is 0 Å². The molecule has 4 nitrogen and oxygen atoms in total. The van der Waals surface area contributed by atoms with E-state index in [4.69, 9.17) is 5.11 Å². The highest BCUT2D eigenvalue weighted by atomic mass is 32.1. The maximum absolute atomic E-state index is 11.8. The molecule has 0 aliphatic heterocycles. The molecule has 5 heteroatoms. The Morgan fingerprint density at radius 3 is 2.94 bits per heavy atom. The highest BCUT2D eigenvalue weighted by Gasteiger charge is 2.10. The number of aryl methyl sites for hydroxylation is 1. The van der Waals surface area contributed by atoms with Crippen LogP contribution in [0.4, 0.5) is 0 Å². The number of aliphatic hydroxyl groups excluding tert-OH is 1. The smallest absolute Gasteiger partial charge is 0.261 e. The van der Waals surface area contributed by atoms with E-state index < -0.39 is 0 Å². The van der Waals surface area contributed by atoms with Crippen LogP contribution in [-0.4, -0.2) is 36.8 Å². The van der Waals surface area contributed by atoms with E-state index in [0.717, 1.165) is 16.9 Å². The molecule has 3 N–H and O–H groups in total. The molecular formula is C12H20N2O2S. The number of aliphatic hydroxyl groups is 1. The zero-order chi connectivity index (χ0) is 12.7. The van der Waals surface area contributed by atoms with E-state index in [1.807, 2.05) is 18.4 Å². The lowest BCUT2D eigenvalue weighted by atomic mass is 10.2. The van der Waals surface area contributed by atoms with Gasteiger partial charge in [-0.1, -0.05) is 6.92 Å². The summed E-state index contributed by atoms with van der Waals surface area (Å²) in [5, 5.41) is 16.9. The van der Waals surface area contributed by atoms with Crippen molar-refractivity contribution in [3.63, 3.8) is 0 Å². The van der Waals surface area contributed by atoms with Crippen molar-refractivity contribution in [2.45, 2.75) is 26.4 Å². The standard InChI is InChI=1S/C12H20N2O2S/c1-3-10-4-7-17-11(10)12(16)14-6-5-13-8-9(2)15/h4,7,9,13,15H,3,5-6,8H2,1-2H3,(H,14,16). The summed E-state index contributed by atoms with van der Waals surface area (Å²) >= 11 is 1.48. The summed E-state index contributed by atoms with van der Waals surface area (Å²) in [5.74, 6) is -0.00398. The molecule has 1 unspecified atom stereocenters. The van der Waals surface area contributed by atoms with Crippen molar-refractivity contribution in [3.05, 3.63) is 21.9 Å². The fourth-order valence-corrected chi connectivity index (χ4v) is 2.38. The van der Waals surface area contributed by atoms with Crippen molar-refractivity contribution >= 4 is 17.2 Å². The van der Waals surface area contributed by atoms with Gasteiger partial charge < -0.3 is 15.7 Å². The fraction of sp³-hybridized carbons (Fsp3) is 0.583. The number of rotatable bonds is 7. The SMILES string of the molecule is CCc1ccsc1C(=O)NCCNCC(C)O. The van der Waals surface area contributed by atoms with Crippen LogP contribution < -0.4 is 10.6 Å². The summed E-state index contributed by atoms with van der Waals surface area (Å²) in [6.07, 6.45) is 0.529. The van der Waals surface area contributed by atoms with Crippen LogP contribution in [0.5, 0.6) is 0 Å². The molecule has 1 atom stereocenters. The van der Waals surface area contributed by atoms with Gasteiger partial charge in [-0.15, -0.1) is 11.3 Å². The minimum absolute atomic E-state index is 0.00398. The predicted molar refractivity (Wildman–Crippen MR) is 70.6 cm³/mol. The van der Waals surface area contributed by atoms with Gasteiger partial charge in [-0.2, -0.15) is 0 Å². The maximum Gasteiger partial charge on any atom is 0.261 e. The fourth-order valence-electron chi connectivity index (χ4n) is 1.47. The number of carbonyl (C=O) groups excluding carboxylic acids is 1. The van der Waals surface area contributed by atoms with Crippen molar-refractivity contribution in [1.29, 1.82) is 0 Å². The van der Waals surface area contributed by atoms with Crippen molar-refractivity contribution < 1.29 is 9.90 Å². The summed E-state index contributed by atoms with van der Waals surface area (Å²) in [7, 11) is 0. The number of thiophene rings is 1. The summed E-state index contributed by atoms with van der Waals surface area (Å²) in [6.45, 7) is 5.57. The van der Waals surface area contributed by atoms with E-state index in [2.05, 4.69) is 10.6 Å². The summed E-state index contributed by atoms with van der Waals surface area (Å²) in [4.78, 5) is 12.6. The van der Waals surface area contributed by atoms with Crippen molar-refractivity contribution in [2.24, 2.45) is 0 Å². The first-order valence-electron chi connectivity index (χ1n) is 5.88. The first kappa shape index (κ1) is 14.2. The average molecular weight is 256 g/mol. The van der Waals surface area contributed by atoms with Gasteiger partial charge in [0.25, 0.3) is 5.91 Å². The molecule has 0 spiro atoms. The second-order valence-electron chi connectivity index (χ2n) is 3.94. The second-order valence-corrected chi connectivity index (χ2v) is 4.85. The van der Waals surface area contributed by atoms with Crippen LogP contribution in [0.1, 0.15) is 29.1 Å². The molecule has 0 aromatic carbocycles. The zero-order valence-corrected chi connectivity index (χ0v) is 11.1. The van der Waals surface area contributed by atoms with E-state index in [1.54, 1.807) is 6.92 Å². The van der Waals surface area contributed by atoms with Gasteiger partial charge in [0.05, 0.1) is 11.0 Å². The molecule has 17 heavy (non-hydrogen) atoms. The van der Waals surface area contributed by atoms with Crippen molar-refractivity contribution in [2.75, 3.05) is 19.6 Å². The molecule has 0 saturated heterocycles. The lowest BCUT2D eigenvalue weighted by molar-refractivity contribution is 0.0957. The Morgan fingerprint density at radius 2 is 2.29 bits per heavy atom. The lowest BCUT2D eigenvalue weighted by Crippen LogP contribution is -2.34. The molecule has 1 heterocycles.